The Morgan fingerprint density at radius 2 is 1.70 bits per heavy atom. The van der Waals surface area contributed by atoms with E-state index in [0.29, 0.717) is 23.2 Å². The van der Waals surface area contributed by atoms with E-state index in [1.54, 1.807) is 12.1 Å². The highest BCUT2D eigenvalue weighted by atomic mass is 19.1. The van der Waals surface area contributed by atoms with E-state index < -0.39 is 35.6 Å². The van der Waals surface area contributed by atoms with Gasteiger partial charge in [-0.3, -0.25) is 19.3 Å². The minimum Gasteiger partial charge on any atom is -0.326 e. The van der Waals surface area contributed by atoms with Crippen LogP contribution in [0.2, 0.25) is 0 Å². The van der Waals surface area contributed by atoms with Crippen LogP contribution in [0.3, 0.4) is 0 Å². The van der Waals surface area contributed by atoms with Gasteiger partial charge in [0.05, 0.1) is 6.54 Å². The molecule has 1 fully saturated rings. The molecule has 0 aliphatic carbocycles. The first-order valence-corrected chi connectivity index (χ1v) is 9.58. The zero-order valence-corrected chi connectivity index (χ0v) is 16.7. The van der Waals surface area contributed by atoms with Crippen molar-refractivity contribution in [2.75, 3.05) is 11.9 Å². The molecule has 1 aliphatic rings. The number of carbonyl (C=O) groups excluding carboxylic acids is 4. The molecule has 1 aliphatic heterocycles. The molecule has 2 aromatic rings. The summed E-state index contributed by atoms with van der Waals surface area (Å²) in [5.41, 5.74) is -0.0916. The molecule has 30 heavy (non-hydrogen) atoms. The van der Waals surface area contributed by atoms with E-state index in [2.05, 4.69) is 10.6 Å². The van der Waals surface area contributed by atoms with E-state index in [0.717, 1.165) is 11.3 Å². The maximum atomic E-state index is 13.2. The van der Waals surface area contributed by atoms with Crippen LogP contribution in [0, 0.1) is 5.82 Å². The van der Waals surface area contributed by atoms with Crippen LogP contribution in [0.4, 0.5) is 14.9 Å². The van der Waals surface area contributed by atoms with Gasteiger partial charge in [-0.25, -0.2) is 9.18 Å². The van der Waals surface area contributed by atoms with E-state index in [1.807, 2.05) is 6.92 Å². The average Bonchev–Trinajstić information content (AvgIpc) is 2.93. The molecule has 2 N–H and O–H groups in total. The molecule has 0 aromatic heterocycles. The molecule has 0 bridgehead atoms. The van der Waals surface area contributed by atoms with Gasteiger partial charge in [-0.1, -0.05) is 19.1 Å². The molecule has 0 spiro atoms. The van der Waals surface area contributed by atoms with Crippen molar-refractivity contribution >= 4 is 29.3 Å². The highest BCUT2D eigenvalue weighted by Crippen LogP contribution is 2.29. The number of ketones is 1. The fourth-order valence-electron chi connectivity index (χ4n) is 3.24. The van der Waals surface area contributed by atoms with Gasteiger partial charge < -0.3 is 10.6 Å². The third-order valence-corrected chi connectivity index (χ3v) is 4.97. The third-order valence-electron chi connectivity index (χ3n) is 4.97. The monoisotopic (exact) mass is 411 g/mol. The standard InChI is InChI=1S/C22H22FN3O4/c1-3-4-19(28)24-17-11-5-14(6-12-17)18(27)13-26-20(29)22(2,25-21(26)30)15-7-9-16(23)10-8-15/h5-12H,3-4,13H2,1-2H3,(H,24,28)(H,25,30)/t22-/m1/s1. The van der Waals surface area contributed by atoms with Crippen LogP contribution in [-0.4, -0.2) is 35.1 Å². The van der Waals surface area contributed by atoms with Crippen LogP contribution in [0.15, 0.2) is 48.5 Å². The zero-order chi connectivity index (χ0) is 21.9. The second kappa shape index (κ2) is 8.44. The lowest BCUT2D eigenvalue weighted by molar-refractivity contribution is -0.130. The van der Waals surface area contributed by atoms with E-state index in [-0.39, 0.29) is 5.91 Å². The highest BCUT2D eigenvalue weighted by Gasteiger charge is 2.49. The summed E-state index contributed by atoms with van der Waals surface area (Å²) in [6.45, 7) is 2.99. The SMILES string of the molecule is CCCC(=O)Nc1ccc(C(=O)CN2C(=O)N[C@](C)(c3ccc(F)cc3)C2=O)cc1. The fraction of sp³-hybridized carbons (Fsp3) is 0.273. The summed E-state index contributed by atoms with van der Waals surface area (Å²) in [7, 11) is 0. The second-order valence-electron chi connectivity index (χ2n) is 7.25. The first-order chi connectivity index (χ1) is 14.2. The summed E-state index contributed by atoms with van der Waals surface area (Å²) in [6.07, 6.45) is 1.13. The quantitative estimate of drug-likeness (QED) is 0.540. The normalized spacial score (nSPS) is 18.3. The number of hydrogen-bond acceptors (Lipinski definition) is 4. The first kappa shape index (κ1) is 21.2. The topological polar surface area (TPSA) is 95.6 Å². The maximum Gasteiger partial charge on any atom is 0.325 e. The molecule has 7 nitrogen and oxygen atoms in total. The van der Waals surface area contributed by atoms with Crippen molar-refractivity contribution in [1.82, 2.24) is 10.2 Å². The summed E-state index contributed by atoms with van der Waals surface area (Å²) >= 11 is 0. The molecule has 3 rings (SSSR count). The number of carbonyl (C=O) groups is 4. The van der Waals surface area contributed by atoms with Crippen molar-refractivity contribution in [2.24, 2.45) is 0 Å². The number of benzene rings is 2. The van der Waals surface area contributed by atoms with Gasteiger partial charge in [0.1, 0.15) is 11.4 Å². The molecule has 8 heteroatoms. The minimum absolute atomic E-state index is 0.115. The molecular formula is C22H22FN3O4. The van der Waals surface area contributed by atoms with Gasteiger partial charge in [0.25, 0.3) is 5.91 Å². The molecule has 1 saturated heterocycles. The fourth-order valence-corrected chi connectivity index (χ4v) is 3.24. The number of imide groups is 1. The number of hydrogen-bond donors (Lipinski definition) is 2. The Balaban J connectivity index is 1.70. The van der Waals surface area contributed by atoms with Crippen molar-refractivity contribution in [3.63, 3.8) is 0 Å². The van der Waals surface area contributed by atoms with Crippen molar-refractivity contribution in [3.8, 4) is 0 Å². The average molecular weight is 411 g/mol. The number of amides is 4. The van der Waals surface area contributed by atoms with Gasteiger partial charge in [0.15, 0.2) is 5.78 Å². The number of nitrogens with one attached hydrogen (secondary N) is 2. The van der Waals surface area contributed by atoms with Crippen LogP contribution >= 0.6 is 0 Å². The largest absolute Gasteiger partial charge is 0.326 e. The summed E-state index contributed by atoms with van der Waals surface area (Å²) in [4.78, 5) is 50.3. The Morgan fingerprint density at radius 3 is 2.30 bits per heavy atom. The van der Waals surface area contributed by atoms with Gasteiger partial charge in [0.2, 0.25) is 5.91 Å². The van der Waals surface area contributed by atoms with Crippen molar-refractivity contribution < 1.29 is 23.6 Å². The molecule has 4 amide bonds. The molecule has 0 radical (unpaired) electrons. The summed E-state index contributed by atoms with van der Waals surface area (Å²) in [5, 5.41) is 5.30. The van der Waals surface area contributed by atoms with Gasteiger partial charge in [-0.15, -0.1) is 0 Å². The summed E-state index contributed by atoms with van der Waals surface area (Å²) in [6, 6.07) is 10.8. The van der Waals surface area contributed by atoms with Crippen LogP contribution in [-0.2, 0) is 15.1 Å². The number of Topliss-reactive ketones (excluding diaryl/α,β-unsaturated/α-hetero) is 1. The predicted octanol–water partition coefficient (Wildman–Crippen LogP) is 3.21. The zero-order valence-electron chi connectivity index (χ0n) is 16.7. The Kier molecular flexibility index (Phi) is 5.96. The number of urea groups is 1. The van der Waals surface area contributed by atoms with Gasteiger partial charge in [-0.05, 0) is 55.3 Å². The Hall–Kier alpha value is -3.55. The number of rotatable bonds is 7. The van der Waals surface area contributed by atoms with E-state index in [9.17, 15) is 23.6 Å². The summed E-state index contributed by atoms with van der Waals surface area (Å²) in [5.74, 6) is -1.58. The second-order valence-corrected chi connectivity index (χ2v) is 7.25. The lowest BCUT2D eigenvalue weighted by Gasteiger charge is -2.22. The first-order valence-electron chi connectivity index (χ1n) is 9.58. The van der Waals surface area contributed by atoms with Gasteiger partial charge in [-0.2, -0.15) is 0 Å². The van der Waals surface area contributed by atoms with Gasteiger partial charge in [0, 0.05) is 17.7 Å². The van der Waals surface area contributed by atoms with Crippen LogP contribution in [0.1, 0.15) is 42.6 Å². The number of nitrogens with zero attached hydrogens (tertiary/aromatic N) is 1. The third kappa shape index (κ3) is 4.22. The molecule has 1 heterocycles. The smallest absolute Gasteiger partial charge is 0.325 e. The van der Waals surface area contributed by atoms with E-state index in [1.165, 1.54) is 43.3 Å². The lowest BCUT2D eigenvalue weighted by atomic mass is 9.92. The summed E-state index contributed by atoms with van der Waals surface area (Å²) < 4.78 is 13.2. The van der Waals surface area contributed by atoms with Gasteiger partial charge >= 0.3 is 6.03 Å². The molecular weight excluding hydrogens is 389 g/mol. The molecule has 2 aromatic carbocycles. The number of halogens is 1. The van der Waals surface area contributed by atoms with Crippen molar-refractivity contribution in [2.45, 2.75) is 32.2 Å². The maximum absolute atomic E-state index is 13.2. The van der Waals surface area contributed by atoms with Crippen LogP contribution in [0.25, 0.3) is 0 Å². The predicted molar refractivity (Wildman–Crippen MR) is 108 cm³/mol. The molecule has 0 saturated carbocycles. The van der Waals surface area contributed by atoms with Crippen molar-refractivity contribution in [1.29, 1.82) is 0 Å². The Labute approximate surface area is 173 Å². The molecule has 1 atom stereocenters. The lowest BCUT2D eigenvalue weighted by Crippen LogP contribution is -2.41. The Morgan fingerprint density at radius 1 is 1.07 bits per heavy atom. The molecule has 156 valence electrons. The molecule has 0 unspecified atom stereocenters. The van der Waals surface area contributed by atoms with Crippen LogP contribution in [0.5, 0.6) is 0 Å². The van der Waals surface area contributed by atoms with Crippen molar-refractivity contribution in [3.05, 3.63) is 65.5 Å². The minimum atomic E-state index is -1.38. The van der Waals surface area contributed by atoms with Crippen LogP contribution < -0.4 is 10.6 Å². The highest BCUT2D eigenvalue weighted by molar-refractivity contribution is 6.11. The number of anilines is 1. The van der Waals surface area contributed by atoms with E-state index >= 15 is 0 Å². The van der Waals surface area contributed by atoms with E-state index in [4.69, 9.17) is 0 Å². The Bertz CT molecular complexity index is 988.